The van der Waals surface area contributed by atoms with Gasteiger partial charge in [0, 0.05) is 0 Å². The van der Waals surface area contributed by atoms with Gasteiger partial charge in [-0.1, -0.05) is 33.6 Å². The van der Waals surface area contributed by atoms with Gasteiger partial charge < -0.3 is 5.32 Å². The molecule has 0 aliphatic rings. The van der Waals surface area contributed by atoms with E-state index in [1.165, 1.54) is 0 Å². The maximum absolute atomic E-state index is 12.5. The number of halogens is 2. The molecule has 86 valence electrons. The second kappa shape index (κ2) is 8.16. The van der Waals surface area contributed by atoms with Crippen molar-refractivity contribution in [1.82, 2.24) is 5.32 Å². The predicted octanol–water partition coefficient (Wildman–Crippen LogP) is 3.45. The van der Waals surface area contributed by atoms with Crippen molar-refractivity contribution >= 4 is 0 Å². The molecule has 0 radical (unpaired) electrons. The molecule has 0 fully saturated rings. The van der Waals surface area contributed by atoms with Crippen LogP contribution in [0.4, 0.5) is 8.78 Å². The van der Waals surface area contributed by atoms with E-state index in [1.807, 2.05) is 6.92 Å². The summed E-state index contributed by atoms with van der Waals surface area (Å²) in [5.41, 5.74) is 0. The van der Waals surface area contributed by atoms with Crippen molar-refractivity contribution < 1.29 is 8.78 Å². The Labute approximate surface area is 86.3 Å². The molecule has 0 aromatic carbocycles. The molecule has 0 aliphatic carbocycles. The minimum absolute atomic E-state index is 0.593. The van der Waals surface area contributed by atoms with Gasteiger partial charge in [0.15, 0.2) is 0 Å². The molecule has 14 heavy (non-hydrogen) atoms. The van der Waals surface area contributed by atoms with Crippen LogP contribution in [-0.4, -0.2) is 19.0 Å². The van der Waals surface area contributed by atoms with Crippen LogP contribution in [0.2, 0.25) is 0 Å². The van der Waals surface area contributed by atoms with Crippen LogP contribution in [0.15, 0.2) is 0 Å². The SMILES string of the molecule is CCCNC(CCCC(C)C)C(F)F. The molecule has 0 aromatic rings. The van der Waals surface area contributed by atoms with Gasteiger partial charge in [0.2, 0.25) is 0 Å². The van der Waals surface area contributed by atoms with Gasteiger partial charge in [-0.15, -0.1) is 0 Å². The van der Waals surface area contributed by atoms with Crippen molar-refractivity contribution in [2.45, 2.75) is 58.9 Å². The van der Waals surface area contributed by atoms with E-state index in [1.54, 1.807) is 0 Å². The summed E-state index contributed by atoms with van der Waals surface area (Å²) < 4.78 is 25.0. The molecule has 1 unspecified atom stereocenters. The van der Waals surface area contributed by atoms with E-state index in [4.69, 9.17) is 0 Å². The fourth-order valence-corrected chi connectivity index (χ4v) is 1.39. The molecule has 0 heterocycles. The zero-order chi connectivity index (χ0) is 11.0. The fraction of sp³-hybridized carbons (Fsp3) is 1.00. The average molecular weight is 207 g/mol. The van der Waals surface area contributed by atoms with Gasteiger partial charge in [-0.2, -0.15) is 0 Å². The molecule has 0 saturated carbocycles. The van der Waals surface area contributed by atoms with Crippen molar-refractivity contribution in [3.8, 4) is 0 Å². The molecule has 0 bridgehead atoms. The van der Waals surface area contributed by atoms with Gasteiger partial charge in [-0.05, 0) is 25.3 Å². The molecule has 1 atom stereocenters. The molecule has 0 spiro atoms. The summed E-state index contributed by atoms with van der Waals surface area (Å²) in [6.45, 7) is 6.92. The van der Waals surface area contributed by atoms with Crippen LogP contribution in [0.25, 0.3) is 0 Å². The van der Waals surface area contributed by atoms with Crippen molar-refractivity contribution in [1.29, 1.82) is 0 Å². The minimum Gasteiger partial charge on any atom is -0.309 e. The highest BCUT2D eigenvalue weighted by Gasteiger charge is 2.18. The van der Waals surface area contributed by atoms with Crippen molar-refractivity contribution in [3.05, 3.63) is 0 Å². The number of alkyl halides is 2. The molecule has 1 nitrogen and oxygen atoms in total. The molecule has 1 N–H and O–H groups in total. The van der Waals surface area contributed by atoms with E-state index in [2.05, 4.69) is 19.2 Å². The molecule has 0 rings (SSSR count). The number of hydrogen-bond acceptors (Lipinski definition) is 1. The third-order valence-corrected chi connectivity index (χ3v) is 2.26. The zero-order valence-electron chi connectivity index (χ0n) is 9.52. The Kier molecular flexibility index (Phi) is 8.05. The van der Waals surface area contributed by atoms with E-state index < -0.39 is 12.5 Å². The summed E-state index contributed by atoms with van der Waals surface area (Å²) in [6.07, 6.45) is 1.21. The Balaban J connectivity index is 3.62. The maximum Gasteiger partial charge on any atom is 0.253 e. The van der Waals surface area contributed by atoms with Crippen LogP contribution in [0.5, 0.6) is 0 Å². The Morgan fingerprint density at radius 2 is 1.79 bits per heavy atom. The van der Waals surface area contributed by atoms with Crippen LogP contribution in [0, 0.1) is 5.92 Å². The molecule has 0 aliphatic heterocycles. The quantitative estimate of drug-likeness (QED) is 0.643. The lowest BCUT2D eigenvalue weighted by Crippen LogP contribution is -2.36. The summed E-state index contributed by atoms with van der Waals surface area (Å²) in [6, 6.07) is -0.603. The molecular formula is C11H23F2N. The van der Waals surface area contributed by atoms with Gasteiger partial charge in [0.05, 0.1) is 6.04 Å². The summed E-state index contributed by atoms with van der Waals surface area (Å²) >= 11 is 0. The van der Waals surface area contributed by atoms with E-state index in [0.29, 0.717) is 18.9 Å². The van der Waals surface area contributed by atoms with Crippen LogP contribution >= 0.6 is 0 Å². The van der Waals surface area contributed by atoms with Crippen LogP contribution in [0.3, 0.4) is 0 Å². The Morgan fingerprint density at radius 1 is 1.14 bits per heavy atom. The zero-order valence-corrected chi connectivity index (χ0v) is 9.52. The first-order chi connectivity index (χ1) is 6.57. The lowest BCUT2D eigenvalue weighted by molar-refractivity contribution is 0.0924. The third kappa shape index (κ3) is 7.25. The van der Waals surface area contributed by atoms with Crippen molar-refractivity contribution in [2.75, 3.05) is 6.54 Å². The Hall–Kier alpha value is -0.180. The Bertz CT molecular complexity index is 126. The van der Waals surface area contributed by atoms with Gasteiger partial charge in [0.25, 0.3) is 6.43 Å². The van der Waals surface area contributed by atoms with E-state index in [0.717, 1.165) is 19.3 Å². The Morgan fingerprint density at radius 3 is 2.21 bits per heavy atom. The maximum atomic E-state index is 12.5. The summed E-state index contributed by atoms with van der Waals surface area (Å²) in [5, 5.41) is 2.89. The van der Waals surface area contributed by atoms with Crippen LogP contribution in [-0.2, 0) is 0 Å². The lowest BCUT2D eigenvalue weighted by Gasteiger charge is -2.17. The first-order valence-corrected chi connectivity index (χ1v) is 5.59. The predicted molar refractivity (Wildman–Crippen MR) is 56.8 cm³/mol. The number of hydrogen-bond donors (Lipinski definition) is 1. The lowest BCUT2D eigenvalue weighted by atomic mass is 10.0. The van der Waals surface area contributed by atoms with Crippen LogP contribution < -0.4 is 5.32 Å². The first-order valence-electron chi connectivity index (χ1n) is 5.59. The first kappa shape index (κ1) is 13.8. The monoisotopic (exact) mass is 207 g/mol. The van der Waals surface area contributed by atoms with Crippen molar-refractivity contribution in [2.24, 2.45) is 5.92 Å². The summed E-state index contributed by atoms with van der Waals surface area (Å²) in [4.78, 5) is 0. The number of rotatable bonds is 8. The smallest absolute Gasteiger partial charge is 0.253 e. The summed E-state index contributed by atoms with van der Waals surface area (Å²) in [5.74, 6) is 0.611. The topological polar surface area (TPSA) is 12.0 Å². The van der Waals surface area contributed by atoms with E-state index in [9.17, 15) is 8.78 Å². The van der Waals surface area contributed by atoms with E-state index >= 15 is 0 Å². The molecule has 0 aromatic heterocycles. The van der Waals surface area contributed by atoms with Gasteiger partial charge in [-0.3, -0.25) is 0 Å². The largest absolute Gasteiger partial charge is 0.309 e. The van der Waals surface area contributed by atoms with Crippen molar-refractivity contribution in [3.63, 3.8) is 0 Å². The molecule has 3 heteroatoms. The fourth-order valence-electron chi connectivity index (χ4n) is 1.39. The molecule has 0 saturated heterocycles. The average Bonchev–Trinajstić information content (AvgIpc) is 2.09. The van der Waals surface area contributed by atoms with Gasteiger partial charge in [-0.25, -0.2) is 8.78 Å². The molecular weight excluding hydrogens is 184 g/mol. The second-order valence-corrected chi connectivity index (χ2v) is 4.22. The van der Waals surface area contributed by atoms with Crippen LogP contribution in [0.1, 0.15) is 46.5 Å². The summed E-state index contributed by atoms with van der Waals surface area (Å²) in [7, 11) is 0. The van der Waals surface area contributed by atoms with Gasteiger partial charge >= 0.3 is 0 Å². The normalized spacial score (nSPS) is 13.9. The number of nitrogens with one attached hydrogen (secondary N) is 1. The third-order valence-electron chi connectivity index (χ3n) is 2.26. The highest BCUT2D eigenvalue weighted by atomic mass is 19.3. The van der Waals surface area contributed by atoms with Gasteiger partial charge in [0.1, 0.15) is 0 Å². The minimum atomic E-state index is -2.23. The molecule has 0 amide bonds. The second-order valence-electron chi connectivity index (χ2n) is 4.22. The standard InChI is InChI=1S/C11H23F2N/c1-4-8-14-10(11(12)13)7-5-6-9(2)3/h9-11,14H,4-8H2,1-3H3. The van der Waals surface area contributed by atoms with E-state index in [-0.39, 0.29) is 0 Å². The highest BCUT2D eigenvalue weighted by molar-refractivity contribution is 4.69. The highest BCUT2D eigenvalue weighted by Crippen LogP contribution is 2.12.